The van der Waals surface area contributed by atoms with Crippen LogP contribution in [0.1, 0.15) is 36.8 Å². The van der Waals surface area contributed by atoms with Crippen molar-refractivity contribution in [3.8, 4) is 0 Å². The van der Waals surface area contributed by atoms with Gasteiger partial charge in [0.2, 0.25) is 5.91 Å². The standard InChI is InChI=1S/C21H25N3O3S/c25-20(5-4-16-2-1-3-18(12-16)24(26)27)23(14-17-6-11-28-15-17)19-13-21(19)7-9-22-10-8-21/h1-3,6,11-12,15,19,22H,4-5,7-10,13-14H2. The number of carbonyl (C=O) groups is 1. The molecule has 1 aliphatic carbocycles. The van der Waals surface area contributed by atoms with Crippen molar-refractivity contribution >= 4 is 22.9 Å². The van der Waals surface area contributed by atoms with Gasteiger partial charge in [0.05, 0.1) is 4.92 Å². The number of nitrogens with zero attached hydrogens (tertiary/aromatic N) is 2. The monoisotopic (exact) mass is 399 g/mol. The molecular formula is C21H25N3O3S. The van der Waals surface area contributed by atoms with Crippen LogP contribution in [0.25, 0.3) is 0 Å². The zero-order valence-electron chi connectivity index (χ0n) is 15.8. The van der Waals surface area contributed by atoms with Crippen molar-refractivity contribution in [1.82, 2.24) is 10.2 Å². The summed E-state index contributed by atoms with van der Waals surface area (Å²) < 4.78 is 0. The topological polar surface area (TPSA) is 75.5 Å². The summed E-state index contributed by atoms with van der Waals surface area (Å²) in [4.78, 5) is 25.8. The predicted octanol–water partition coefficient (Wildman–Crippen LogP) is 3.76. The van der Waals surface area contributed by atoms with Gasteiger partial charge in [-0.25, -0.2) is 0 Å². The maximum atomic E-state index is 13.1. The van der Waals surface area contributed by atoms with E-state index in [4.69, 9.17) is 0 Å². The van der Waals surface area contributed by atoms with E-state index < -0.39 is 0 Å². The van der Waals surface area contributed by atoms with Crippen LogP contribution < -0.4 is 5.32 Å². The highest BCUT2D eigenvalue weighted by Gasteiger charge is 2.57. The number of nitro groups is 1. The highest BCUT2D eigenvalue weighted by atomic mass is 32.1. The van der Waals surface area contributed by atoms with E-state index in [1.807, 2.05) is 11.4 Å². The quantitative estimate of drug-likeness (QED) is 0.568. The summed E-state index contributed by atoms with van der Waals surface area (Å²) in [6.45, 7) is 2.73. The van der Waals surface area contributed by atoms with Crippen molar-refractivity contribution in [3.05, 3.63) is 62.3 Å². The van der Waals surface area contributed by atoms with Crippen molar-refractivity contribution in [1.29, 1.82) is 0 Å². The van der Waals surface area contributed by atoms with Gasteiger partial charge in [-0.2, -0.15) is 11.3 Å². The number of nitro benzene ring substituents is 1. The van der Waals surface area contributed by atoms with Gasteiger partial charge in [-0.15, -0.1) is 0 Å². The number of amides is 1. The maximum absolute atomic E-state index is 13.1. The van der Waals surface area contributed by atoms with Crippen LogP contribution in [0, 0.1) is 15.5 Å². The molecule has 1 aliphatic heterocycles. The van der Waals surface area contributed by atoms with Gasteiger partial charge in [-0.05, 0) is 72.1 Å². The second-order valence-corrected chi connectivity index (χ2v) is 8.69. The van der Waals surface area contributed by atoms with Crippen LogP contribution in [0.2, 0.25) is 0 Å². The molecule has 1 aromatic heterocycles. The van der Waals surface area contributed by atoms with Gasteiger partial charge < -0.3 is 10.2 Å². The van der Waals surface area contributed by atoms with Gasteiger partial charge in [0.15, 0.2) is 0 Å². The Bertz CT molecular complexity index is 846. The summed E-state index contributed by atoms with van der Waals surface area (Å²) in [5.74, 6) is 0.151. The van der Waals surface area contributed by atoms with E-state index in [1.165, 1.54) is 11.6 Å². The lowest BCUT2D eigenvalue weighted by atomic mass is 9.93. The number of hydrogen-bond donors (Lipinski definition) is 1. The van der Waals surface area contributed by atoms with Gasteiger partial charge in [0, 0.05) is 31.1 Å². The van der Waals surface area contributed by atoms with Crippen molar-refractivity contribution in [2.24, 2.45) is 5.41 Å². The van der Waals surface area contributed by atoms with E-state index in [2.05, 4.69) is 21.7 Å². The highest BCUT2D eigenvalue weighted by Crippen LogP contribution is 2.56. The number of nitrogens with one attached hydrogen (secondary N) is 1. The summed E-state index contributed by atoms with van der Waals surface area (Å²) in [6.07, 6.45) is 4.28. The molecule has 2 heterocycles. The van der Waals surface area contributed by atoms with Gasteiger partial charge in [-0.1, -0.05) is 12.1 Å². The van der Waals surface area contributed by atoms with E-state index in [-0.39, 0.29) is 16.5 Å². The number of hydrogen-bond acceptors (Lipinski definition) is 5. The Labute approximate surface area is 168 Å². The third-order valence-electron chi connectivity index (χ3n) is 6.12. The van der Waals surface area contributed by atoms with Gasteiger partial charge in [-0.3, -0.25) is 14.9 Å². The second kappa shape index (κ2) is 8.01. The minimum absolute atomic E-state index is 0.0796. The van der Waals surface area contributed by atoms with Crippen LogP contribution in [-0.4, -0.2) is 34.9 Å². The molecule has 1 aromatic carbocycles. The second-order valence-electron chi connectivity index (χ2n) is 7.91. The lowest BCUT2D eigenvalue weighted by Gasteiger charge is -2.29. The first-order chi connectivity index (χ1) is 13.6. The van der Waals surface area contributed by atoms with Crippen LogP contribution in [0.4, 0.5) is 5.69 Å². The average molecular weight is 400 g/mol. The molecular weight excluding hydrogens is 374 g/mol. The minimum atomic E-state index is -0.390. The van der Waals surface area contributed by atoms with Crippen molar-refractivity contribution in [2.45, 2.75) is 44.7 Å². The number of carbonyl (C=O) groups excluding carboxylic acids is 1. The van der Waals surface area contributed by atoms with E-state index >= 15 is 0 Å². The number of aryl methyl sites for hydroxylation is 1. The molecule has 0 bridgehead atoms. The highest BCUT2D eigenvalue weighted by molar-refractivity contribution is 7.07. The first kappa shape index (κ1) is 19.1. The molecule has 148 valence electrons. The fourth-order valence-electron chi connectivity index (χ4n) is 4.40. The molecule has 1 amide bonds. The van der Waals surface area contributed by atoms with E-state index in [1.54, 1.807) is 23.5 Å². The van der Waals surface area contributed by atoms with Gasteiger partial charge in [0.1, 0.15) is 0 Å². The van der Waals surface area contributed by atoms with Crippen molar-refractivity contribution in [2.75, 3.05) is 13.1 Å². The minimum Gasteiger partial charge on any atom is -0.335 e. The Morgan fingerprint density at radius 2 is 2.11 bits per heavy atom. The van der Waals surface area contributed by atoms with Crippen molar-refractivity contribution < 1.29 is 9.72 Å². The molecule has 7 heteroatoms. The molecule has 4 rings (SSSR count). The molecule has 6 nitrogen and oxygen atoms in total. The van der Waals surface area contributed by atoms with Crippen LogP contribution >= 0.6 is 11.3 Å². The number of thiophene rings is 1. The molecule has 1 N–H and O–H groups in total. The molecule has 0 radical (unpaired) electrons. The summed E-state index contributed by atoms with van der Waals surface area (Å²) >= 11 is 1.66. The summed E-state index contributed by atoms with van der Waals surface area (Å²) in [5.41, 5.74) is 2.40. The summed E-state index contributed by atoms with van der Waals surface area (Å²) in [5, 5.41) is 18.6. The molecule has 1 spiro atoms. The third kappa shape index (κ3) is 4.10. The molecule has 28 heavy (non-hydrogen) atoms. The Balaban J connectivity index is 1.44. The van der Waals surface area contributed by atoms with E-state index in [0.717, 1.165) is 37.9 Å². The van der Waals surface area contributed by atoms with Gasteiger partial charge in [0.25, 0.3) is 5.69 Å². The van der Waals surface area contributed by atoms with Crippen LogP contribution in [-0.2, 0) is 17.8 Å². The van der Waals surface area contributed by atoms with E-state index in [9.17, 15) is 14.9 Å². The lowest BCUT2D eigenvalue weighted by molar-refractivity contribution is -0.384. The summed E-state index contributed by atoms with van der Waals surface area (Å²) in [7, 11) is 0. The Hall–Kier alpha value is -2.25. The number of benzene rings is 1. The molecule has 2 aromatic rings. The lowest BCUT2D eigenvalue weighted by Crippen LogP contribution is -2.39. The molecule has 2 aliphatic rings. The first-order valence-corrected chi connectivity index (χ1v) is 10.8. The van der Waals surface area contributed by atoms with Crippen LogP contribution in [0.15, 0.2) is 41.1 Å². The number of non-ortho nitro benzene ring substituents is 1. The zero-order valence-corrected chi connectivity index (χ0v) is 16.6. The normalized spacial score (nSPS) is 20.1. The molecule has 1 atom stereocenters. The van der Waals surface area contributed by atoms with Crippen LogP contribution in [0.3, 0.4) is 0 Å². The SMILES string of the molecule is O=C(CCc1cccc([N+](=O)[O-])c1)N(Cc1ccsc1)C1CC12CCNCC2. The fraction of sp³-hybridized carbons (Fsp3) is 0.476. The largest absolute Gasteiger partial charge is 0.335 e. The molecule has 1 saturated carbocycles. The molecule has 1 unspecified atom stereocenters. The number of rotatable bonds is 7. The third-order valence-corrected chi connectivity index (χ3v) is 6.86. The first-order valence-electron chi connectivity index (χ1n) is 9.82. The summed E-state index contributed by atoms with van der Waals surface area (Å²) in [6, 6.07) is 9.01. The predicted molar refractivity (Wildman–Crippen MR) is 109 cm³/mol. The fourth-order valence-corrected chi connectivity index (χ4v) is 5.06. The van der Waals surface area contributed by atoms with E-state index in [0.29, 0.717) is 30.8 Å². The Morgan fingerprint density at radius 1 is 1.29 bits per heavy atom. The van der Waals surface area contributed by atoms with Crippen molar-refractivity contribution in [3.63, 3.8) is 0 Å². The number of piperidine rings is 1. The Morgan fingerprint density at radius 3 is 2.82 bits per heavy atom. The van der Waals surface area contributed by atoms with Crippen LogP contribution in [0.5, 0.6) is 0 Å². The zero-order chi connectivity index (χ0) is 19.6. The maximum Gasteiger partial charge on any atom is 0.269 e. The Kier molecular flexibility index (Phi) is 5.46. The molecule has 1 saturated heterocycles. The molecule has 2 fully saturated rings. The average Bonchev–Trinajstić information content (AvgIpc) is 3.13. The smallest absolute Gasteiger partial charge is 0.269 e. The van der Waals surface area contributed by atoms with Gasteiger partial charge >= 0.3 is 0 Å².